The van der Waals surface area contributed by atoms with Crippen molar-refractivity contribution in [2.24, 2.45) is 0 Å². The molecule has 9 nitrogen and oxygen atoms in total. The standard InChI is InChI=1S/C21H24N6O3/c1-13(28)26-17(21(29)30-16-4-2-3-5-16)10-14-6-8-15(9-7-14)27-12-25-18-19(22)23-11-24-20(18)27/h6-9,11-12,16-17H,2-5,10H2,1H3,(H,26,28)(H2,22,23,24)/t17-/m0/s1. The van der Waals surface area contributed by atoms with Gasteiger partial charge in [-0.2, -0.15) is 0 Å². The number of nitrogens with one attached hydrogen (secondary N) is 1. The van der Waals surface area contributed by atoms with Gasteiger partial charge < -0.3 is 15.8 Å². The van der Waals surface area contributed by atoms with E-state index in [0.717, 1.165) is 36.9 Å². The van der Waals surface area contributed by atoms with Crippen LogP contribution < -0.4 is 11.1 Å². The Morgan fingerprint density at radius 3 is 2.63 bits per heavy atom. The molecule has 4 rings (SSSR count). The van der Waals surface area contributed by atoms with Crippen LogP contribution in [-0.2, 0) is 20.7 Å². The minimum Gasteiger partial charge on any atom is -0.461 e. The van der Waals surface area contributed by atoms with E-state index in [9.17, 15) is 9.59 Å². The molecule has 9 heteroatoms. The molecule has 3 aromatic rings. The lowest BCUT2D eigenvalue weighted by Crippen LogP contribution is -2.43. The van der Waals surface area contributed by atoms with E-state index in [2.05, 4.69) is 20.3 Å². The second kappa shape index (κ2) is 8.48. The number of carbonyl (C=O) groups is 2. The highest BCUT2D eigenvalue weighted by molar-refractivity contribution is 5.84. The molecule has 0 unspecified atom stereocenters. The number of fused-ring (bicyclic) bond motifs is 1. The third-order valence-electron chi connectivity index (χ3n) is 5.26. The Bertz CT molecular complexity index is 1060. The zero-order valence-corrected chi connectivity index (χ0v) is 16.7. The van der Waals surface area contributed by atoms with Crippen LogP contribution in [0.2, 0.25) is 0 Å². The van der Waals surface area contributed by atoms with Gasteiger partial charge >= 0.3 is 5.97 Å². The van der Waals surface area contributed by atoms with Crippen molar-refractivity contribution >= 4 is 28.9 Å². The number of esters is 1. The smallest absolute Gasteiger partial charge is 0.329 e. The van der Waals surface area contributed by atoms with Crippen LogP contribution in [0.1, 0.15) is 38.2 Å². The van der Waals surface area contributed by atoms with E-state index in [-0.39, 0.29) is 18.0 Å². The Balaban J connectivity index is 1.50. The molecule has 1 aromatic carbocycles. The number of amides is 1. The number of hydrogen-bond donors (Lipinski definition) is 2. The van der Waals surface area contributed by atoms with Crippen LogP contribution in [0.25, 0.3) is 16.9 Å². The molecule has 1 atom stereocenters. The molecular formula is C21H24N6O3. The average molecular weight is 408 g/mol. The van der Waals surface area contributed by atoms with Crippen molar-refractivity contribution in [3.63, 3.8) is 0 Å². The second-order valence-electron chi connectivity index (χ2n) is 7.51. The predicted molar refractivity (Wildman–Crippen MR) is 111 cm³/mol. The van der Waals surface area contributed by atoms with E-state index >= 15 is 0 Å². The number of benzene rings is 1. The molecule has 3 N–H and O–H groups in total. The number of aromatic nitrogens is 4. The second-order valence-corrected chi connectivity index (χ2v) is 7.51. The molecule has 0 radical (unpaired) electrons. The predicted octanol–water partition coefficient (Wildman–Crippen LogP) is 1.93. The molecule has 1 amide bonds. The van der Waals surface area contributed by atoms with Crippen LogP contribution in [-0.4, -0.2) is 43.5 Å². The summed E-state index contributed by atoms with van der Waals surface area (Å²) in [6.07, 6.45) is 7.28. The Morgan fingerprint density at radius 1 is 1.20 bits per heavy atom. The number of nitrogens with zero attached hydrogens (tertiary/aromatic N) is 4. The number of nitrogens with two attached hydrogens (primary N) is 1. The van der Waals surface area contributed by atoms with E-state index in [1.165, 1.54) is 13.3 Å². The molecule has 0 saturated heterocycles. The first kappa shape index (κ1) is 19.8. The molecule has 0 spiro atoms. The van der Waals surface area contributed by atoms with Crippen molar-refractivity contribution in [2.45, 2.75) is 51.2 Å². The summed E-state index contributed by atoms with van der Waals surface area (Å²) in [6.45, 7) is 1.40. The molecule has 2 heterocycles. The maximum absolute atomic E-state index is 12.6. The van der Waals surface area contributed by atoms with E-state index < -0.39 is 6.04 Å². The van der Waals surface area contributed by atoms with Gasteiger partial charge in [-0.25, -0.2) is 19.7 Å². The number of carbonyl (C=O) groups excluding carboxylic acids is 2. The number of nitrogen functional groups attached to an aromatic ring is 1. The molecule has 1 aliphatic carbocycles. The van der Waals surface area contributed by atoms with Crippen LogP contribution in [0.15, 0.2) is 36.9 Å². The Hall–Kier alpha value is -3.49. The fraction of sp³-hybridized carbons (Fsp3) is 0.381. The Kier molecular flexibility index (Phi) is 5.60. The van der Waals surface area contributed by atoms with Gasteiger partial charge in [0.25, 0.3) is 0 Å². The summed E-state index contributed by atoms with van der Waals surface area (Å²) in [4.78, 5) is 36.7. The van der Waals surface area contributed by atoms with E-state index in [0.29, 0.717) is 23.4 Å². The first-order valence-corrected chi connectivity index (χ1v) is 10.0. The van der Waals surface area contributed by atoms with Gasteiger partial charge in [-0.15, -0.1) is 0 Å². The monoisotopic (exact) mass is 408 g/mol. The summed E-state index contributed by atoms with van der Waals surface area (Å²) in [7, 11) is 0. The summed E-state index contributed by atoms with van der Waals surface area (Å²) in [5.41, 5.74) is 8.76. The molecule has 0 aliphatic heterocycles. The van der Waals surface area contributed by atoms with Crippen LogP contribution in [0.4, 0.5) is 5.82 Å². The average Bonchev–Trinajstić information content (AvgIpc) is 3.38. The topological polar surface area (TPSA) is 125 Å². The van der Waals surface area contributed by atoms with Gasteiger partial charge in [-0.05, 0) is 43.4 Å². The summed E-state index contributed by atoms with van der Waals surface area (Å²) >= 11 is 0. The zero-order valence-electron chi connectivity index (χ0n) is 16.7. The highest BCUT2D eigenvalue weighted by atomic mass is 16.5. The normalized spacial score (nSPS) is 15.2. The van der Waals surface area contributed by atoms with Gasteiger partial charge in [-0.3, -0.25) is 9.36 Å². The van der Waals surface area contributed by atoms with Crippen molar-refractivity contribution in [3.8, 4) is 5.69 Å². The van der Waals surface area contributed by atoms with E-state index in [1.54, 1.807) is 6.33 Å². The summed E-state index contributed by atoms with van der Waals surface area (Å²) < 4.78 is 7.41. The molecular weight excluding hydrogens is 384 g/mol. The maximum atomic E-state index is 12.6. The largest absolute Gasteiger partial charge is 0.461 e. The first-order valence-electron chi connectivity index (χ1n) is 10.0. The van der Waals surface area contributed by atoms with Crippen LogP contribution in [0.5, 0.6) is 0 Å². The number of imidazole rings is 1. The fourth-order valence-electron chi connectivity index (χ4n) is 3.76. The Morgan fingerprint density at radius 2 is 1.93 bits per heavy atom. The zero-order chi connectivity index (χ0) is 21.1. The third kappa shape index (κ3) is 4.24. The molecule has 30 heavy (non-hydrogen) atoms. The number of anilines is 1. The first-order chi connectivity index (χ1) is 14.5. The minimum absolute atomic E-state index is 0.0416. The van der Waals surface area contributed by atoms with Crippen molar-refractivity contribution in [3.05, 3.63) is 42.5 Å². The summed E-state index contributed by atoms with van der Waals surface area (Å²) in [5, 5.41) is 2.72. The van der Waals surface area contributed by atoms with Gasteiger partial charge in [0.15, 0.2) is 17.0 Å². The highest BCUT2D eigenvalue weighted by Gasteiger charge is 2.26. The Labute approximate surface area is 173 Å². The molecule has 1 fully saturated rings. The SMILES string of the molecule is CC(=O)N[C@@H](Cc1ccc(-n2cnc3c(N)ncnc32)cc1)C(=O)OC1CCCC1. The minimum atomic E-state index is -0.712. The fourth-order valence-corrected chi connectivity index (χ4v) is 3.76. The van der Waals surface area contributed by atoms with Gasteiger partial charge in [0, 0.05) is 19.0 Å². The molecule has 2 aromatic heterocycles. The van der Waals surface area contributed by atoms with Gasteiger partial charge in [0.2, 0.25) is 5.91 Å². The van der Waals surface area contributed by atoms with E-state index in [1.807, 2.05) is 28.8 Å². The van der Waals surface area contributed by atoms with Crippen molar-refractivity contribution < 1.29 is 14.3 Å². The lowest BCUT2D eigenvalue weighted by Gasteiger charge is -2.20. The van der Waals surface area contributed by atoms with Crippen molar-refractivity contribution in [1.29, 1.82) is 0 Å². The maximum Gasteiger partial charge on any atom is 0.329 e. The lowest BCUT2D eigenvalue weighted by molar-refractivity contribution is -0.152. The summed E-state index contributed by atoms with van der Waals surface area (Å²) in [6, 6.07) is 6.91. The number of rotatable bonds is 6. The summed E-state index contributed by atoms with van der Waals surface area (Å²) in [5.74, 6) is -0.314. The van der Waals surface area contributed by atoms with Gasteiger partial charge in [0.05, 0.1) is 0 Å². The van der Waals surface area contributed by atoms with Crippen LogP contribution in [0.3, 0.4) is 0 Å². The number of ether oxygens (including phenoxy) is 1. The number of hydrogen-bond acceptors (Lipinski definition) is 7. The van der Waals surface area contributed by atoms with Crippen molar-refractivity contribution in [1.82, 2.24) is 24.8 Å². The molecule has 0 bridgehead atoms. The van der Waals surface area contributed by atoms with Crippen LogP contribution in [0, 0.1) is 0 Å². The highest BCUT2D eigenvalue weighted by Crippen LogP contribution is 2.22. The third-order valence-corrected chi connectivity index (χ3v) is 5.26. The lowest BCUT2D eigenvalue weighted by atomic mass is 10.1. The molecule has 156 valence electrons. The molecule has 1 saturated carbocycles. The van der Waals surface area contributed by atoms with Gasteiger partial charge in [0.1, 0.15) is 24.8 Å². The van der Waals surface area contributed by atoms with Crippen molar-refractivity contribution in [2.75, 3.05) is 5.73 Å². The molecule has 1 aliphatic rings. The van der Waals surface area contributed by atoms with Gasteiger partial charge in [-0.1, -0.05) is 12.1 Å². The van der Waals surface area contributed by atoms with E-state index in [4.69, 9.17) is 10.5 Å². The van der Waals surface area contributed by atoms with Crippen LogP contribution >= 0.6 is 0 Å². The quantitative estimate of drug-likeness (QED) is 0.597.